The first-order valence-corrected chi connectivity index (χ1v) is 8.24. The van der Waals surface area contributed by atoms with E-state index in [2.05, 4.69) is 15.5 Å². The van der Waals surface area contributed by atoms with E-state index >= 15 is 0 Å². The molecule has 0 saturated carbocycles. The van der Waals surface area contributed by atoms with Crippen molar-refractivity contribution < 1.29 is 9.18 Å². The monoisotopic (exact) mass is 350 g/mol. The number of rotatable bonds is 3. The standard InChI is InChI=1S/C19H15FN4O2/c20-14-4-1-3-12(9-14)11-21-23-18(25)13-6-7-15-16(10-13)22-17-5-2-8-24(17)19(15)26/h1,3-4,6-7,9-11H,2,5,8H2,(H,23,25)/b21-11-. The number of hydrogen-bond donors (Lipinski definition) is 1. The number of hydrogen-bond acceptors (Lipinski definition) is 4. The third-order valence-electron chi connectivity index (χ3n) is 4.31. The summed E-state index contributed by atoms with van der Waals surface area (Å²) in [4.78, 5) is 29.2. The van der Waals surface area contributed by atoms with Crippen LogP contribution in [0.4, 0.5) is 4.39 Å². The topological polar surface area (TPSA) is 76.3 Å². The van der Waals surface area contributed by atoms with Crippen LogP contribution in [0.25, 0.3) is 10.9 Å². The fraction of sp³-hybridized carbons (Fsp3) is 0.158. The number of nitrogens with zero attached hydrogens (tertiary/aromatic N) is 3. The minimum atomic E-state index is -0.429. The minimum absolute atomic E-state index is 0.0708. The van der Waals surface area contributed by atoms with Gasteiger partial charge in [-0.3, -0.25) is 14.2 Å². The van der Waals surface area contributed by atoms with Crippen molar-refractivity contribution in [1.29, 1.82) is 0 Å². The molecule has 0 bridgehead atoms. The van der Waals surface area contributed by atoms with Gasteiger partial charge in [-0.25, -0.2) is 14.8 Å². The van der Waals surface area contributed by atoms with Gasteiger partial charge in [0.2, 0.25) is 0 Å². The predicted molar refractivity (Wildman–Crippen MR) is 95.8 cm³/mol. The lowest BCUT2D eigenvalue weighted by Gasteiger charge is -2.06. The molecule has 2 aromatic carbocycles. The number of nitrogens with one attached hydrogen (secondary N) is 1. The molecule has 0 aliphatic carbocycles. The zero-order valence-corrected chi connectivity index (χ0v) is 13.8. The Bertz CT molecular complexity index is 1100. The molecule has 4 rings (SSSR count). The van der Waals surface area contributed by atoms with E-state index in [1.165, 1.54) is 18.3 Å². The summed E-state index contributed by atoms with van der Waals surface area (Å²) in [5.74, 6) is -0.0502. The molecule has 1 aliphatic heterocycles. The van der Waals surface area contributed by atoms with Crippen LogP contribution in [0.3, 0.4) is 0 Å². The second kappa shape index (κ2) is 6.51. The van der Waals surface area contributed by atoms with E-state index in [4.69, 9.17) is 0 Å². The Morgan fingerprint density at radius 3 is 3.00 bits per heavy atom. The first-order chi connectivity index (χ1) is 12.6. The van der Waals surface area contributed by atoms with Gasteiger partial charge in [-0.05, 0) is 42.3 Å². The second-order valence-corrected chi connectivity index (χ2v) is 6.07. The lowest BCUT2D eigenvalue weighted by molar-refractivity contribution is 0.0955. The third kappa shape index (κ3) is 2.99. The highest BCUT2D eigenvalue weighted by Gasteiger charge is 2.17. The van der Waals surface area contributed by atoms with Crippen LogP contribution in [-0.2, 0) is 13.0 Å². The Kier molecular flexibility index (Phi) is 4.04. The Balaban J connectivity index is 1.57. The molecule has 1 aliphatic rings. The number of benzene rings is 2. The summed E-state index contributed by atoms with van der Waals surface area (Å²) in [6, 6.07) is 10.6. The third-order valence-corrected chi connectivity index (χ3v) is 4.31. The highest BCUT2D eigenvalue weighted by molar-refractivity contribution is 5.98. The number of carbonyl (C=O) groups is 1. The smallest absolute Gasteiger partial charge is 0.271 e. The van der Waals surface area contributed by atoms with Gasteiger partial charge in [0, 0.05) is 18.5 Å². The van der Waals surface area contributed by atoms with Crippen LogP contribution in [-0.4, -0.2) is 21.7 Å². The van der Waals surface area contributed by atoms with Crippen LogP contribution in [0, 0.1) is 5.82 Å². The van der Waals surface area contributed by atoms with Crippen LogP contribution in [0.5, 0.6) is 0 Å². The van der Waals surface area contributed by atoms with Crippen molar-refractivity contribution >= 4 is 23.0 Å². The molecule has 0 atom stereocenters. The summed E-state index contributed by atoms with van der Waals surface area (Å²) < 4.78 is 14.8. The normalized spacial score (nSPS) is 13.3. The molecule has 3 aromatic rings. The Morgan fingerprint density at radius 2 is 2.15 bits per heavy atom. The maximum Gasteiger partial charge on any atom is 0.271 e. The van der Waals surface area contributed by atoms with Crippen molar-refractivity contribution in [2.24, 2.45) is 5.10 Å². The number of fused-ring (bicyclic) bond motifs is 2. The van der Waals surface area contributed by atoms with Crippen molar-refractivity contribution in [2.45, 2.75) is 19.4 Å². The van der Waals surface area contributed by atoms with Crippen LogP contribution in [0.2, 0.25) is 0 Å². The highest BCUT2D eigenvalue weighted by atomic mass is 19.1. The van der Waals surface area contributed by atoms with E-state index in [1.807, 2.05) is 0 Å². The van der Waals surface area contributed by atoms with E-state index < -0.39 is 5.91 Å². The zero-order chi connectivity index (χ0) is 18.1. The summed E-state index contributed by atoms with van der Waals surface area (Å²) in [5.41, 5.74) is 3.72. The molecule has 0 spiro atoms. The molecule has 2 heterocycles. The lowest BCUT2D eigenvalue weighted by atomic mass is 10.1. The number of aryl methyl sites for hydroxylation is 1. The van der Waals surface area contributed by atoms with E-state index in [0.717, 1.165) is 18.7 Å². The van der Waals surface area contributed by atoms with Gasteiger partial charge < -0.3 is 0 Å². The van der Waals surface area contributed by atoms with Gasteiger partial charge in [-0.1, -0.05) is 12.1 Å². The van der Waals surface area contributed by atoms with Crippen LogP contribution in [0.1, 0.15) is 28.2 Å². The molecule has 1 amide bonds. The number of carbonyl (C=O) groups excluding carboxylic acids is 1. The first kappa shape index (κ1) is 16.1. The predicted octanol–water partition coefficient (Wildman–Crippen LogP) is 2.25. The summed E-state index contributed by atoms with van der Waals surface area (Å²) >= 11 is 0. The average molecular weight is 350 g/mol. The van der Waals surface area contributed by atoms with Crippen molar-refractivity contribution in [3.63, 3.8) is 0 Å². The molecule has 0 unspecified atom stereocenters. The molecule has 0 radical (unpaired) electrons. The van der Waals surface area contributed by atoms with Gasteiger partial charge in [-0.2, -0.15) is 5.10 Å². The lowest BCUT2D eigenvalue weighted by Crippen LogP contribution is -2.22. The van der Waals surface area contributed by atoms with Crippen LogP contribution >= 0.6 is 0 Å². The molecule has 0 saturated heterocycles. The van der Waals surface area contributed by atoms with Gasteiger partial charge in [0.25, 0.3) is 11.5 Å². The van der Waals surface area contributed by atoms with Crippen molar-refractivity contribution in [3.05, 3.63) is 75.6 Å². The van der Waals surface area contributed by atoms with Gasteiger partial charge in [-0.15, -0.1) is 0 Å². The number of amides is 1. The summed E-state index contributed by atoms with van der Waals surface area (Å²) in [6.07, 6.45) is 3.03. The molecule has 1 aromatic heterocycles. The van der Waals surface area contributed by atoms with Crippen molar-refractivity contribution in [2.75, 3.05) is 0 Å². The van der Waals surface area contributed by atoms with E-state index in [0.29, 0.717) is 28.6 Å². The maximum absolute atomic E-state index is 13.1. The largest absolute Gasteiger partial charge is 0.296 e. The molecule has 26 heavy (non-hydrogen) atoms. The van der Waals surface area contributed by atoms with Gasteiger partial charge in [0.1, 0.15) is 11.6 Å². The molecule has 7 heteroatoms. The van der Waals surface area contributed by atoms with Crippen LogP contribution in [0.15, 0.2) is 52.4 Å². The average Bonchev–Trinajstić information content (AvgIpc) is 3.10. The van der Waals surface area contributed by atoms with Gasteiger partial charge in [0.15, 0.2) is 0 Å². The Hall–Kier alpha value is -3.35. The highest BCUT2D eigenvalue weighted by Crippen LogP contribution is 2.16. The van der Waals surface area contributed by atoms with Crippen LogP contribution < -0.4 is 11.0 Å². The summed E-state index contributed by atoms with van der Waals surface area (Å²) in [6.45, 7) is 0.689. The molecular weight excluding hydrogens is 335 g/mol. The van der Waals surface area contributed by atoms with Gasteiger partial charge >= 0.3 is 0 Å². The second-order valence-electron chi connectivity index (χ2n) is 6.07. The molecule has 6 nitrogen and oxygen atoms in total. The number of aromatic nitrogens is 2. The van der Waals surface area contributed by atoms with Gasteiger partial charge in [0.05, 0.1) is 17.1 Å². The number of hydrazone groups is 1. The maximum atomic E-state index is 13.1. The van der Waals surface area contributed by atoms with Crippen molar-refractivity contribution in [1.82, 2.24) is 15.0 Å². The minimum Gasteiger partial charge on any atom is -0.296 e. The first-order valence-electron chi connectivity index (χ1n) is 8.24. The molecule has 130 valence electrons. The van der Waals surface area contributed by atoms with E-state index in [-0.39, 0.29) is 11.4 Å². The zero-order valence-electron chi connectivity index (χ0n) is 13.8. The van der Waals surface area contributed by atoms with E-state index in [1.54, 1.807) is 34.9 Å². The molecule has 0 fully saturated rings. The summed E-state index contributed by atoms with van der Waals surface area (Å²) in [5, 5.41) is 4.33. The fourth-order valence-corrected chi connectivity index (χ4v) is 3.04. The Morgan fingerprint density at radius 1 is 1.27 bits per heavy atom. The van der Waals surface area contributed by atoms with Crippen molar-refractivity contribution in [3.8, 4) is 0 Å². The quantitative estimate of drug-likeness (QED) is 0.581. The fourth-order valence-electron chi connectivity index (χ4n) is 3.04. The SMILES string of the molecule is O=C(N/N=C\c1cccc(F)c1)c1ccc2c(=O)n3c(nc2c1)CCC3. The summed E-state index contributed by atoms with van der Waals surface area (Å²) in [7, 11) is 0. The molecule has 1 N–H and O–H groups in total. The van der Waals surface area contributed by atoms with E-state index in [9.17, 15) is 14.0 Å². The number of halogens is 1. The Labute approximate surface area is 148 Å². The molecular formula is C19H15FN4O2.